The largest absolute Gasteiger partial charge is 0.347 e. The summed E-state index contributed by atoms with van der Waals surface area (Å²) < 4.78 is 0. The van der Waals surface area contributed by atoms with Crippen LogP contribution >= 0.6 is 0 Å². The molecular weight excluding hydrogens is 304 g/mol. The highest BCUT2D eigenvalue weighted by atomic mass is 16.2. The van der Waals surface area contributed by atoms with E-state index < -0.39 is 11.8 Å². The molecule has 24 heavy (non-hydrogen) atoms. The molecule has 2 amide bonds. The van der Waals surface area contributed by atoms with Crippen molar-refractivity contribution in [1.82, 2.24) is 10.2 Å². The summed E-state index contributed by atoms with van der Waals surface area (Å²) in [6.07, 6.45) is 5.30. The number of anilines is 1. The number of carbonyl (C=O) groups excluding carboxylic acids is 2. The van der Waals surface area contributed by atoms with Gasteiger partial charge in [-0.05, 0) is 37.6 Å². The second-order valence-electron chi connectivity index (χ2n) is 6.16. The van der Waals surface area contributed by atoms with Crippen LogP contribution in [0.2, 0.25) is 0 Å². The lowest BCUT2D eigenvalue weighted by Gasteiger charge is -2.23. The molecule has 2 rings (SSSR count). The summed E-state index contributed by atoms with van der Waals surface area (Å²) in [6, 6.07) is 9.55. The van der Waals surface area contributed by atoms with Gasteiger partial charge in [0.1, 0.15) is 0 Å². The van der Waals surface area contributed by atoms with E-state index in [0.29, 0.717) is 24.7 Å². The van der Waals surface area contributed by atoms with Crippen LogP contribution in [0, 0.1) is 11.3 Å². The fourth-order valence-electron chi connectivity index (χ4n) is 2.94. The molecule has 0 bridgehead atoms. The normalized spacial score (nSPS) is 14.4. The highest BCUT2D eigenvalue weighted by molar-refractivity contribution is 6.39. The van der Waals surface area contributed by atoms with Crippen molar-refractivity contribution in [2.24, 2.45) is 0 Å². The third kappa shape index (κ3) is 5.36. The Balaban J connectivity index is 1.71. The fraction of sp³-hybridized carbons (Fsp3) is 0.500. The Morgan fingerprint density at radius 2 is 1.88 bits per heavy atom. The summed E-state index contributed by atoms with van der Waals surface area (Å²) in [5.74, 6) is -1.30. The molecule has 6 nitrogen and oxygen atoms in total. The Bertz CT molecular complexity index is 600. The highest BCUT2D eigenvalue weighted by Gasteiger charge is 2.19. The van der Waals surface area contributed by atoms with Crippen molar-refractivity contribution in [3.63, 3.8) is 0 Å². The zero-order valence-electron chi connectivity index (χ0n) is 14.0. The van der Waals surface area contributed by atoms with Crippen LogP contribution in [0.1, 0.15) is 31.2 Å². The minimum absolute atomic E-state index is 0.323. The van der Waals surface area contributed by atoms with Gasteiger partial charge in [0, 0.05) is 24.8 Å². The summed E-state index contributed by atoms with van der Waals surface area (Å²) in [5, 5.41) is 13.8. The van der Waals surface area contributed by atoms with E-state index in [2.05, 4.69) is 28.7 Å². The molecule has 1 aromatic rings. The number of rotatable bonds is 6. The summed E-state index contributed by atoms with van der Waals surface area (Å²) in [4.78, 5) is 25.9. The molecule has 2 N–H and O–H groups in total. The third-order valence-electron chi connectivity index (χ3n) is 4.40. The molecule has 1 aliphatic rings. The molecule has 0 heterocycles. The van der Waals surface area contributed by atoms with Gasteiger partial charge in [-0.1, -0.05) is 25.0 Å². The molecule has 0 unspecified atom stereocenters. The van der Waals surface area contributed by atoms with E-state index >= 15 is 0 Å². The number of benzene rings is 1. The molecule has 0 spiro atoms. The summed E-state index contributed by atoms with van der Waals surface area (Å²) in [5.41, 5.74) is 1.41. The highest BCUT2D eigenvalue weighted by Crippen LogP contribution is 2.21. The molecule has 0 aliphatic heterocycles. The van der Waals surface area contributed by atoms with Gasteiger partial charge in [-0.3, -0.25) is 9.59 Å². The first-order valence-electron chi connectivity index (χ1n) is 8.35. The Labute approximate surface area is 142 Å². The van der Waals surface area contributed by atoms with Gasteiger partial charge in [0.25, 0.3) is 0 Å². The van der Waals surface area contributed by atoms with Gasteiger partial charge in [-0.15, -0.1) is 0 Å². The standard InChI is InChI=1S/C18H24N4O2/c1-22(16-4-2-3-5-16)13-12-20-17(23)18(24)21-15-8-6-14(7-9-15)10-11-19/h6-9,16H,2-5,10,12-13H2,1H3,(H,20,23)(H,21,24). The van der Waals surface area contributed by atoms with E-state index in [0.717, 1.165) is 12.1 Å². The van der Waals surface area contributed by atoms with E-state index in [-0.39, 0.29) is 0 Å². The monoisotopic (exact) mass is 328 g/mol. The summed E-state index contributed by atoms with van der Waals surface area (Å²) >= 11 is 0. The minimum Gasteiger partial charge on any atom is -0.347 e. The molecule has 0 saturated heterocycles. The second kappa shape index (κ2) is 9.04. The SMILES string of the molecule is CN(CCNC(=O)C(=O)Nc1ccc(CC#N)cc1)C1CCCC1. The topological polar surface area (TPSA) is 85.2 Å². The predicted molar refractivity (Wildman–Crippen MR) is 92.3 cm³/mol. The Hall–Kier alpha value is -2.39. The first-order valence-corrected chi connectivity index (χ1v) is 8.35. The predicted octanol–water partition coefficient (Wildman–Crippen LogP) is 1.68. The number of hydrogen-bond acceptors (Lipinski definition) is 4. The first-order chi connectivity index (χ1) is 11.6. The van der Waals surface area contributed by atoms with Crippen LogP contribution in [0.15, 0.2) is 24.3 Å². The van der Waals surface area contributed by atoms with Crippen molar-refractivity contribution in [2.45, 2.75) is 38.1 Å². The van der Waals surface area contributed by atoms with E-state index in [9.17, 15) is 9.59 Å². The number of carbonyl (C=O) groups is 2. The first kappa shape index (κ1) is 18.0. The second-order valence-corrected chi connectivity index (χ2v) is 6.16. The molecule has 1 aromatic carbocycles. The Morgan fingerprint density at radius 1 is 1.21 bits per heavy atom. The van der Waals surface area contributed by atoms with Crippen molar-refractivity contribution in [3.05, 3.63) is 29.8 Å². The van der Waals surface area contributed by atoms with E-state index in [4.69, 9.17) is 5.26 Å². The van der Waals surface area contributed by atoms with Gasteiger partial charge in [-0.25, -0.2) is 0 Å². The maximum atomic E-state index is 11.9. The number of nitriles is 1. The molecule has 0 radical (unpaired) electrons. The fourth-order valence-corrected chi connectivity index (χ4v) is 2.94. The summed E-state index contributed by atoms with van der Waals surface area (Å²) in [7, 11) is 2.06. The van der Waals surface area contributed by atoms with Gasteiger partial charge in [0.2, 0.25) is 0 Å². The maximum Gasteiger partial charge on any atom is 0.313 e. The van der Waals surface area contributed by atoms with E-state index in [1.54, 1.807) is 24.3 Å². The number of nitrogens with one attached hydrogen (secondary N) is 2. The lowest BCUT2D eigenvalue weighted by molar-refractivity contribution is -0.136. The van der Waals surface area contributed by atoms with Crippen molar-refractivity contribution in [2.75, 3.05) is 25.5 Å². The van der Waals surface area contributed by atoms with Crippen molar-refractivity contribution >= 4 is 17.5 Å². The lowest BCUT2D eigenvalue weighted by atomic mass is 10.1. The zero-order valence-corrected chi connectivity index (χ0v) is 14.0. The molecule has 0 atom stereocenters. The Morgan fingerprint density at radius 3 is 2.50 bits per heavy atom. The van der Waals surface area contributed by atoms with Crippen LogP contribution in [0.4, 0.5) is 5.69 Å². The lowest BCUT2D eigenvalue weighted by Crippen LogP contribution is -2.41. The zero-order chi connectivity index (χ0) is 17.4. The quantitative estimate of drug-likeness (QED) is 0.778. The molecule has 1 aliphatic carbocycles. The van der Waals surface area contributed by atoms with Crippen LogP contribution in [0.5, 0.6) is 0 Å². The van der Waals surface area contributed by atoms with Gasteiger partial charge < -0.3 is 15.5 Å². The molecular formula is C18H24N4O2. The van der Waals surface area contributed by atoms with Crippen LogP contribution in [-0.2, 0) is 16.0 Å². The van der Waals surface area contributed by atoms with Gasteiger partial charge >= 0.3 is 11.8 Å². The Kier molecular flexibility index (Phi) is 6.76. The van der Waals surface area contributed by atoms with Gasteiger partial charge in [-0.2, -0.15) is 5.26 Å². The third-order valence-corrected chi connectivity index (χ3v) is 4.40. The van der Waals surface area contributed by atoms with Crippen LogP contribution < -0.4 is 10.6 Å². The molecule has 1 saturated carbocycles. The number of likely N-dealkylation sites (N-methyl/N-ethyl adjacent to an activating group) is 1. The molecule has 1 fully saturated rings. The maximum absolute atomic E-state index is 11.9. The molecule has 6 heteroatoms. The molecule has 0 aromatic heterocycles. The summed E-state index contributed by atoms with van der Waals surface area (Å²) in [6.45, 7) is 1.20. The van der Waals surface area contributed by atoms with Gasteiger partial charge in [0.05, 0.1) is 12.5 Å². The van der Waals surface area contributed by atoms with Crippen molar-refractivity contribution in [3.8, 4) is 6.07 Å². The van der Waals surface area contributed by atoms with Crippen LogP contribution in [-0.4, -0.2) is 42.9 Å². The molecule has 128 valence electrons. The van der Waals surface area contributed by atoms with Crippen molar-refractivity contribution < 1.29 is 9.59 Å². The smallest absolute Gasteiger partial charge is 0.313 e. The van der Waals surface area contributed by atoms with E-state index in [1.807, 2.05) is 0 Å². The van der Waals surface area contributed by atoms with E-state index in [1.165, 1.54) is 25.7 Å². The average molecular weight is 328 g/mol. The van der Waals surface area contributed by atoms with Crippen LogP contribution in [0.3, 0.4) is 0 Å². The number of hydrogen-bond donors (Lipinski definition) is 2. The average Bonchev–Trinajstić information content (AvgIpc) is 3.11. The number of amides is 2. The van der Waals surface area contributed by atoms with Gasteiger partial charge in [0.15, 0.2) is 0 Å². The number of nitrogens with zero attached hydrogens (tertiary/aromatic N) is 2. The van der Waals surface area contributed by atoms with Crippen molar-refractivity contribution in [1.29, 1.82) is 5.26 Å². The van der Waals surface area contributed by atoms with Crippen LogP contribution in [0.25, 0.3) is 0 Å². The minimum atomic E-state index is -0.674.